The molecule has 0 spiro atoms. The minimum atomic E-state index is -4.41. The predicted octanol–water partition coefficient (Wildman–Crippen LogP) is 3.44. The number of rotatable bonds is 3. The molecule has 2 amide bonds. The normalized spacial score (nSPS) is 15.9. The van der Waals surface area contributed by atoms with Crippen molar-refractivity contribution in [3.63, 3.8) is 0 Å². The van der Waals surface area contributed by atoms with Gasteiger partial charge in [0, 0.05) is 25.3 Å². The van der Waals surface area contributed by atoms with E-state index in [0.29, 0.717) is 25.3 Å². The van der Waals surface area contributed by atoms with Crippen LogP contribution in [-0.2, 0) is 6.18 Å². The van der Waals surface area contributed by atoms with Crippen molar-refractivity contribution in [3.8, 4) is 0 Å². The molecule has 20 heavy (non-hydrogen) atoms. The topological polar surface area (TPSA) is 23.6 Å². The molecule has 108 valence electrons. The summed E-state index contributed by atoms with van der Waals surface area (Å²) in [4.78, 5) is 15.1. The second kappa shape index (κ2) is 5.19. The SMILES string of the molecule is C=CCN1CCN(c2cccc(C(F)(F)F)c2C)C1=O. The number of anilines is 1. The van der Waals surface area contributed by atoms with Gasteiger partial charge < -0.3 is 4.90 Å². The van der Waals surface area contributed by atoms with E-state index < -0.39 is 11.7 Å². The molecule has 0 saturated carbocycles. The fraction of sp³-hybridized carbons (Fsp3) is 0.357. The molecule has 2 rings (SSSR count). The van der Waals surface area contributed by atoms with Gasteiger partial charge in [-0.25, -0.2) is 4.79 Å². The van der Waals surface area contributed by atoms with Gasteiger partial charge >= 0.3 is 12.2 Å². The smallest absolute Gasteiger partial charge is 0.319 e. The highest BCUT2D eigenvalue weighted by Crippen LogP contribution is 2.36. The molecule has 0 N–H and O–H groups in total. The van der Waals surface area contributed by atoms with Crippen molar-refractivity contribution in [2.24, 2.45) is 0 Å². The van der Waals surface area contributed by atoms with Crippen molar-refractivity contribution in [2.45, 2.75) is 13.1 Å². The molecule has 3 nitrogen and oxygen atoms in total. The third-order valence-electron chi connectivity index (χ3n) is 3.35. The first-order chi connectivity index (χ1) is 9.36. The predicted molar refractivity (Wildman–Crippen MR) is 70.7 cm³/mol. The number of urea groups is 1. The molecule has 0 atom stereocenters. The quantitative estimate of drug-likeness (QED) is 0.780. The number of nitrogens with zero attached hydrogens (tertiary/aromatic N) is 2. The number of carbonyl (C=O) groups is 1. The first kappa shape index (κ1) is 14.4. The summed E-state index contributed by atoms with van der Waals surface area (Å²) in [6.07, 6.45) is -2.82. The number of hydrogen-bond acceptors (Lipinski definition) is 1. The zero-order valence-electron chi connectivity index (χ0n) is 11.1. The number of halogens is 3. The van der Waals surface area contributed by atoms with Gasteiger partial charge in [0.25, 0.3) is 0 Å². The largest absolute Gasteiger partial charge is 0.416 e. The summed E-state index contributed by atoms with van der Waals surface area (Å²) in [6.45, 7) is 6.22. The Kier molecular flexibility index (Phi) is 3.74. The average Bonchev–Trinajstić information content (AvgIpc) is 2.71. The van der Waals surface area contributed by atoms with Gasteiger partial charge in [0.15, 0.2) is 0 Å². The van der Waals surface area contributed by atoms with E-state index in [1.165, 1.54) is 17.9 Å². The second-order valence-corrected chi connectivity index (χ2v) is 4.62. The average molecular weight is 284 g/mol. The summed E-state index contributed by atoms with van der Waals surface area (Å²) in [5.41, 5.74) is -0.310. The molecule has 0 aliphatic carbocycles. The number of amides is 2. The second-order valence-electron chi connectivity index (χ2n) is 4.62. The Hall–Kier alpha value is -1.98. The monoisotopic (exact) mass is 284 g/mol. The Morgan fingerprint density at radius 2 is 2.05 bits per heavy atom. The van der Waals surface area contributed by atoms with E-state index in [0.717, 1.165) is 6.07 Å². The molecule has 1 aliphatic heterocycles. The fourth-order valence-corrected chi connectivity index (χ4v) is 2.35. The maximum Gasteiger partial charge on any atom is 0.416 e. The van der Waals surface area contributed by atoms with E-state index in [2.05, 4.69) is 6.58 Å². The van der Waals surface area contributed by atoms with Crippen LogP contribution in [0.3, 0.4) is 0 Å². The van der Waals surface area contributed by atoms with Crippen LogP contribution in [0.5, 0.6) is 0 Å². The van der Waals surface area contributed by atoms with Crippen LogP contribution in [0.4, 0.5) is 23.7 Å². The van der Waals surface area contributed by atoms with Crippen LogP contribution in [0.1, 0.15) is 11.1 Å². The molecule has 1 saturated heterocycles. The van der Waals surface area contributed by atoms with Crippen molar-refractivity contribution < 1.29 is 18.0 Å². The molecule has 1 aromatic rings. The van der Waals surface area contributed by atoms with E-state index in [-0.39, 0.29) is 11.6 Å². The van der Waals surface area contributed by atoms with Gasteiger partial charge in [0.05, 0.1) is 5.56 Å². The van der Waals surface area contributed by atoms with Gasteiger partial charge in [-0.3, -0.25) is 4.90 Å². The molecule has 6 heteroatoms. The van der Waals surface area contributed by atoms with Crippen LogP contribution in [0.15, 0.2) is 30.9 Å². The summed E-state index contributed by atoms with van der Waals surface area (Å²) < 4.78 is 38.6. The maximum absolute atomic E-state index is 12.9. The van der Waals surface area contributed by atoms with E-state index in [9.17, 15) is 18.0 Å². The summed E-state index contributed by atoms with van der Waals surface area (Å²) in [5, 5.41) is 0. The van der Waals surface area contributed by atoms with Gasteiger partial charge in [-0.05, 0) is 24.6 Å². The lowest BCUT2D eigenvalue weighted by molar-refractivity contribution is -0.138. The van der Waals surface area contributed by atoms with E-state index in [1.807, 2.05) is 0 Å². The van der Waals surface area contributed by atoms with E-state index in [1.54, 1.807) is 17.0 Å². The summed E-state index contributed by atoms with van der Waals surface area (Å²) in [5.74, 6) is 0. The number of hydrogen-bond donors (Lipinski definition) is 0. The molecule has 0 aromatic heterocycles. The van der Waals surface area contributed by atoms with Crippen molar-refractivity contribution in [3.05, 3.63) is 42.0 Å². The summed E-state index contributed by atoms with van der Waals surface area (Å²) in [7, 11) is 0. The first-order valence-electron chi connectivity index (χ1n) is 6.20. The van der Waals surface area contributed by atoms with E-state index >= 15 is 0 Å². The maximum atomic E-state index is 12.9. The van der Waals surface area contributed by atoms with Crippen LogP contribution in [0.2, 0.25) is 0 Å². The third-order valence-corrected chi connectivity index (χ3v) is 3.35. The molecule has 1 aliphatic rings. The van der Waals surface area contributed by atoms with Crippen LogP contribution in [0.25, 0.3) is 0 Å². The highest BCUT2D eigenvalue weighted by molar-refractivity contribution is 5.95. The zero-order chi connectivity index (χ0) is 14.9. The van der Waals surface area contributed by atoms with Gasteiger partial charge in [-0.2, -0.15) is 13.2 Å². The molecular weight excluding hydrogens is 269 g/mol. The minimum Gasteiger partial charge on any atom is -0.319 e. The fourth-order valence-electron chi connectivity index (χ4n) is 2.35. The molecular formula is C14H15F3N2O. The van der Waals surface area contributed by atoms with Crippen molar-refractivity contribution in [1.29, 1.82) is 0 Å². The molecule has 1 fully saturated rings. The van der Waals surface area contributed by atoms with Crippen molar-refractivity contribution in [1.82, 2.24) is 4.90 Å². The van der Waals surface area contributed by atoms with Gasteiger partial charge in [-0.1, -0.05) is 12.1 Å². The zero-order valence-corrected chi connectivity index (χ0v) is 11.1. The Labute approximate surface area is 115 Å². The molecule has 0 radical (unpaired) electrons. The van der Waals surface area contributed by atoms with Gasteiger partial charge in [0.1, 0.15) is 0 Å². The lowest BCUT2D eigenvalue weighted by atomic mass is 10.1. The Morgan fingerprint density at radius 3 is 2.65 bits per heavy atom. The van der Waals surface area contributed by atoms with E-state index in [4.69, 9.17) is 0 Å². The highest BCUT2D eigenvalue weighted by Gasteiger charge is 2.35. The summed E-state index contributed by atoms with van der Waals surface area (Å²) in [6, 6.07) is 3.61. The first-order valence-corrected chi connectivity index (χ1v) is 6.20. The number of carbonyl (C=O) groups excluding carboxylic acids is 1. The Morgan fingerprint density at radius 1 is 1.35 bits per heavy atom. The molecule has 1 aromatic carbocycles. The van der Waals surface area contributed by atoms with Gasteiger partial charge in [0.2, 0.25) is 0 Å². The van der Waals surface area contributed by atoms with Crippen LogP contribution >= 0.6 is 0 Å². The Bertz CT molecular complexity index is 540. The van der Waals surface area contributed by atoms with Crippen molar-refractivity contribution in [2.75, 3.05) is 24.5 Å². The van der Waals surface area contributed by atoms with Gasteiger partial charge in [-0.15, -0.1) is 6.58 Å². The highest BCUT2D eigenvalue weighted by atomic mass is 19.4. The number of benzene rings is 1. The molecule has 0 unspecified atom stereocenters. The Balaban J connectivity index is 2.35. The summed E-state index contributed by atoms with van der Waals surface area (Å²) >= 11 is 0. The van der Waals surface area contributed by atoms with Crippen LogP contribution < -0.4 is 4.90 Å². The lowest BCUT2D eigenvalue weighted by Gasteiger charge is -2.21. The van der Waals surface area contributed by atoms with Crippen LogP contribution in [-0.4, -0.2) is 30.6 Å². The third kappa shape index (κ3) is 2.50. The minimum absolute atomic E-state index is 0.0776. The standard InChI is InChI=1S/C14H15F3N2O/c1-3-7-18-8-9-19(13(18)20)12-6-4-5-11(10(12)2)14(15,16)17/h3-6H,1,7-9H2,2H3. The molecule has 0 bridgehead atoms. The molecule has 1 heterocycles. The number of alkyl halides is 3. The van der Waals surface area contributed by atoms with Crippen LogP contribution in [0, 0.1) is 6.92 Å². The lowest BCUT2D eigenvalue weighted by Crippen LogP contribution is -2.32. The van der Waals surface area contributed by atoms with Crippen molar-refractivity contribution >= 4 is 11.7 Å².